The lowest BCUT2D eigenvalue weighted by molar-refractivity contribution is -0.129. The normalized spacial score (nSPS) is 15.6. The van der Waals surface area contributed by atoms with Crippen LogP contribution < -0.4 is 5.32 Å². The molecule has 2 aromatic rings. The fourth-order valence-corrected chi connectivity index (χ4v) is 3.24. The lowest BCUT2D eigenvalue weighted by Gasteiger charge is -2.32. The van der Waals surface area contributed by atoms with Crippen molar-refractivity contribution < 1.29 is 9.59 Å². The van der Waals surface area contributed by atoms with Gasteiger partial charge in [-0.15, -0.1) is 0 Å². The first-order valence-corrected chi connectivity index (χ1v) is 8.54. The van der Waals surface area contributed by atoms with Crippen LogP contribution in [-0.4, -0.2) is 16.7 Å². The number of benzene rings is 2. The van der Waals surface area contributed by atoms with E-state index in [9.17, 15) is 9.59 Å². The molecule has 0 aliphatic carbocycles. The molecule has 0 saturated heterocycles. The van der Waals surface area contributed by atoms with E-state index in [1.165, 1.54) is 6.92 Å². The Kier molecular flexibility index (Phi) is 4.98. The molecule has 128 valence electrons. The van der Waals surface area contributed by atoms with Gasteiger partial charge in [0.1, 0.15) is 0 Å². The third kappa shape index (κ3) is 3.63. The van der Waals surface area contributed by atoms with Gasteiger partial charge in [-0.05, 0) is 35.3 Å². The van der Waals surface area contributed by atoms with Gasteiger partial charge in [-0.25, -0.2) is 0 Å². The largest absolute Gasteiger partial charge is 0.326 e. The lowest BCUT2D eigenvalue weighted by Crippen LogP contribution is -2.33. The van der Waals surface area contributed by atoms with Crippen molar-refractivity contribution in [3.05, 3.63) is 71.4 Å². The summed E-state index contributed by atoms with van der Waals surface area (Å²) >= 11 is 0. The summed E-state index contributed by atoms with van der Waals surface area (Å²) in [4.78, 5) is 26.3. The Morgan fingerprint density at radius 1 is 1.08 bits per heavy atom. The van der Waals surface area contributed by atoms with Crippen molar-refractivity contribution in [2.75, 3.05) is 5.32 Å². The Bertz CT molecular complexity index is 826. The zero-order valence-corrected chi connectivity index (χ0v) is 14.5. The second-order valence-electron chi connectivity index (χ2n) is 6.15. The third-order valence-electron chi connectivity index (χ3n) is 4.52. The van der Waals surface area contributed by atoms with Gasteiger partial charge >= 0.3 is 0 Å². The van der Waals surface area contributed by atoms with Crippen molar-refractivity contribution >= 4 is 23.6 Å². The minimum Gasteiger partial charge on any atom is -0.326 e. The molecule has 0 fully saturated rings. The summed E-state index contributed by atoms with van der Waals surface area (Å²) < 4.78 is 0. The van der Waals surface area contributed by atoms with Crippen LogP contribution in [-0.2, 0) is 16.0 Å². The molecule has 25 heavy (non-hydrogen) atoms. The molecule has 0 unspecified atom stereocenters. The zero-order chi connectivity index (χ0) is 17.8. The fourth-order valence-electron chi connectivity index (χ4n) is 3.24. The summed E-state index contributed by atoms with van der Waals surface area (Å²) in [5.41, 5.74) is 3.98. The zero-order valence-electron chi connectivity index (χ0n) is 14.5. The number of carbonyl (C=O) groups is 2. The molecule has 1 atom stereocenters. The van der Waals surface area contributed by atoms with E-state index in [1.807, 2.05) is 54.6 Å². The standard InChI is InChI=1S/C21H22N2O2/c1-3-16-8-5-7-11-19(16)22-21(25)14-20-18-10-6-4-9-17(18)12-13-23(20)15(2)24/h4-13,20H,3,14H2,1-2H3,(H,22,25)/t20-/m1/s1. The summed E-state index contributed by atoms with van der Waals surface area (Å²) in [7, 11) is 0. The number of rotatable bonds is 4. The van der Waals surface area contributed by atoms with Gasteiger partial charge in [-0.2, -0.15) is 0 Å². The van der Waals surface area contributed by atoms with Crippen LogP contribution in [0.15, 0.2) is 54.7 Å². The van der Waals surface area contributed by atoms with Crippen LogP contribution in [0.3, 0.4) is 0 Å². The first kappa shape index (κ1) is 17.0. The van der Waals surface area contributed by atoms with Crippen LogP contribution in [0.5, 0.6) is 0 Å². The predicted octanol–water partition coefficient (Wildman–Crippen LogP) is 4.15. The van der Waals surface area contributed by atoms with Gasteiger partial charge < -0.3 is 10.2 Å². The highest BCUT2D eigenvalue weighted by Crippen LogP contribution is 2.33. The molecule has 2 aromatic carbocycles. The SMILES string of the molecule is CCc1ccccc1NC(=O)C[C@@H]1c2ccccc2C=CN1C(C)=O. The molecule has 0 bridgehead atoms. The van der Waals surface area contributed by atoms with E-state index in [2.05, 4.69) is 12.2 Å². The maximum Gasteiger partial charge on any atom is 0.226 e. The van der Waals surface area contributed by atoms with Crippen LogP contribution in [0.1, 0.15) is 43.0 Å². The molecule has 4 heteroatoms. The van der Waals surface area contributed by atoms with Crippen LogP contribution in [0.25, 0.3) is 6.08 Å². The highest BCUT2D eigenvalue weighted by Gasteiger charge is 2.28. The van der Waals surface area contributed by atoms with E-state index in [-0.39, 0.29) is 24.3 Å². The van der Waals surface area contributed by atoms with Gasteiger partial charge in [-0.1, -0.05) is 49.4 Å². The molecular weight excluding hydrogens is 312 g/mol. The van der Waals surface area contributed by atoms with E-state index < -0.39 is 0 Å². The number of carbonyl (C=O) groups excluding carboxylic acids is 2. The lowest BCUT2D eigenvalue weighted by atomic mass is 9.93. The van der Waals surface area contributed by atoms with Crippen LogP contribution in [0.4, 0.5) is 5.69 Å². The topological polar surface area (TPSA) is 49.4 Å². The Hall–Kier alpha value is -2.88. The van der Waals surface area contributed by atoms with Crippen molar-refractivity contribution in [1.82, 2.24) is 4.90 Å². The van der Waals surface area contributed by atoms with Crippen molar-refractivity contribution in [1.29, 1.82) is 0 Å². The highest BCUT2D eigenvalue weighted by molar-refractivity contribution is 5.92. The molecule has 0 saturated carbocycles. The number of hydrogen-bond acceptors (Lipinski definition) is 2. The molecular formula is C21H22N2O2. The van der Waals surface area contributed by atoms with E-state index in [4.69, 9.17) is 0 Å². The molecule has 4 nitrogen and oxygen atoms in total. The predicted molar refractivity (Wildman–Crippen MR) is 99.8 cm³/mol. The molecule has 1 aliphatic rings. The summed E-state index contributed by atoms with van der Waals surface area (Å²) in [5, 5.41) is 3.00. The first-order valence-electron chi connectivity index (χ1n) is 8.54. The van der Waals surface area contributed by atoms with Crippen LogP contribution >= 0.6 is 0 Å². The summed E-state index contributed by atoms with van der Waals surface area (Å²) in [6.07, 6.45) is 4.75. The maximum atomic E-state index is 12.7. The van der Waals surface area contributed by atoms with Gasteiger partial charge in [0, 0.05) is 18.8 Å². The van der Waals surface area contributed by atoms with Gasteiger partial charge in [0.15, 0.2) is 0 Å². The van der Waals surface area contributed by atoms with Crippen LogP contribution in [0.2, 0.25) is 0 Å². The second kappa shape index (κ2) is 7.34. The Labute approximate surface area is 148 Å². The van der Waals surface area contributed by atoms with Crippen LogP contribution in [0, 0.1) is 0 Å². The molecule has 1 N–H and O–H groups in total. The van der Waals surface area contributed by atoms with Gasteiger partial charge in [-0.3, -0.25) is 9.59 Å². The maximum absolute atomic E-state index is 12.7. The van der Waals surface area contributed by atoms with Gasteiger partial charge in [0.05, 0.1) is 12.5 Å². The summed E-state index contributed by atoms with van der Waals surface area (Å²) in [5.74, 6) is -0.167. The quantitative estimate of drug-likeness (QED) is 0.913. The number of anilines is 1. The minimum atomic E-state index is -0.285. The smallest absolute Gasteiger partial charge is 0.226 e. The number of aryl methyl sites for hydroxylation is 1. The Morgan fingerprint density at radius 3 is 2.56 bits per heavy atom. The molecule has 0 spiro atoms. The van der Waals surface area contributed by atoms with Crippen molar-refractivity contribution in [2.45, 2.75) is 32.7 Å². The number of hydrogen-bond donors (Lipinski definition) is 1. The van der Waals surface area contributed by atoms with E-state index in [0.29, 0.717) is 0 Å². The Balaban J connectivity index is 1.83. The molecule has 2 amide bonds. The molecule has 1 aliphatic heterocycles. The second-order valence-corrected chi connectivity index (χ2v) is 6.15. The molecule has 1 heterocycles. The van der Waals surface area contributed by atoms with E-state index in [0.717, 1.165) is 28.8 Å². The molecule has 3 rings (SSSR count). The van der Waals surface area contributed by atoms with Crippen molar-refractivity contribution in [2.24, 2.45) is 0 Å². The number of para-hydroxylation sites is 1. The van der Waals surface area contributed by atoms with Crippen molar-refractivity contribution in [3.8, 4) is 0 Å². The summed E-state index contributed by atoms with van der Waals surface area (Å²) in [6, 6.07) is 15.4. The minimum absolute atomic E-state index is 0.0717. The average molecular weight is 334 g/mol. The van der Waals surface area contributed by atoms with Gasteiger partial charge in [0.2, 0.25) is 11.8 Å². The number of fused-ring (bicyclic) bond motifs is 1. The first-order chi connectivity index (χ1) is 12.1. The average Bonchev–Trinajstić information content (AvgIpc) is 2.62. The number of amides is 2. The fraction of sp³-hybridized carbons (Fsp3) is 0.238. The van der Waals surface area contributed by atoms with E-state index >= 15 is 0 Å². The van der Waals surface area contributed by atoms with E-state index in [1.54, 1.807) is 11.1 Å². The third-order valence-corrected chi connectivity index (χ3v) is 4.52. The summed E-state index contributed by atoms with van der Waals surface area (Å²) in [6.45, 7) is 3.58. The van der Waals surface area contributed by atoms with Crippen molar-refractivity contribution in [3.63, 3.8) is 0 Å². The van der Waals surface area contributed by atoms with Gasteiger partial charge in [0.25, 0.3) is 0 Å². The highest BCUT2D eigenvalue weighted by atomic mass is 16.2. The number of nitrogens with one attached hydrogen (secondary N) is 1. The monoisotopic (exact) mass is 334 g/mol. The molecule has 0 aromatic heterocycles. The molecule has 0 radical (unpaired) electrons. The number of nitrogens with zero attached hydrogens (tertiary/aromatic N) is 1. The Morgan fingerprint density at radius 2 is 1.80 bits per heavy atom.